The molecule has 3 aromatic rings. The van der Waals surface area contributed by atoms with E-state index < -0.39 is 0 Å². The largest absolute Gasteiger partial charge is 0.444 e. The minimum atomic E-state index is -0.265. The third-order valence-electron chi connectivity index (χ3n) is 4.03. The van der Waals surface area contributed by atoms with E-state index in [2.05, 4.69) is 41.9 Å². The van der Waals surface area contributed by atoms with E-state index in [0.29, 0.717) is 29.4 Å². The summed E-state index contributed by atoms with van der Waals surface area (Å²) >= 11 is 3.16. The molecule has 0 saturated heterocycles. The molecule has 0 saturated carbocycles. The molecule has 3 heterocycles. The predicted molar refractivity (Wildman–Crippen MR) is 101 cm³/mol. The molecular formula is C17H19BrN6O2. The van der Waals surface area contributed by atoms with Crippen LogP contribution in [0.15, 0.2) is 33.4 Å². The van der Waals surface area contributed by atoms with Crippen LogP contribution in [0.25, 0.3) is 5.82 Å². The number of carbonyl (C=O) groups excluding carboxylic acids is 1. The summed E-state index contributed by atoms with van der Waals surface area (Å²) in [6, 6.07) is 6.97. The fourth-order valence-electron chi connectivity index (χ4n) is 2.37. The molecule has 9 heteroatoms. The van der Waals surface area contributed by atoms with E-state index in [1.807, 2.05) is 32.9 Å². The van der Waals surface area contributed by atoms with Gasteiger partial charge in [-0.2, -0.15) is 5.10 Å². The van der Waals surface area contributed by atoms with Crippen molar-refractivity contribution in [1.29, 1.82) is 0 Å². The van der Waals surface area contributed by atoms with Crippen LogP contribution in [-0.4, -0.2) is 39.0 Å². The number of anilines is 1. The minimum absolute atomic E-state index is 0.265. The van der Waals surface area contributed by atoms with Crippen molar-refractivity contribution in [2.24, 2.45) is 0 Å². The van der Waals surface area contributed by atoms with Gasteiger partial charge in [0.25, 0.3) is 5.91 Å². The van der Waals surface area contributed by atoms with E-state index in [0.717, 1.165) is 17.0 Å². The van der Waals surface area contributed by atoms with Gasteiger partial charge in [-0.15, -0.1) is 10.2 Å². The van der Waals surface area contributed by atoms with Gasteiger partial charge in [-0.05, 0) is 66.5 Å². The van der Waals surface area contributed by atoms with Gasteiger partial charge in [0.2, 0.25) is 0 Å². The third kappa shape index (κ3) is 3.93. The highest BCUT2D eigenvalue weighted by atomic mass is 79.9. The highest BCUT2D eigenvalue weighted by Crippen LogP contribution is 2.15. The monoisotopic (exact) mass is 418 g/mol. The summed E-state index contributed by atoms with van der Waals surface area (Å²) in [5.41, 5.74) is 3.17. The van der Waals surface area contributed by atoms with E-state index in [1.54, 1.807) is 16.8 Å². The van der Waals surface area contributed by atoms with Gasteiger partial charge >= 0.3 is 0 Å². The lowest BCUT2D eigenvalue weighted by atomic mass is 10.2. The number of nitrogens with zero attached hydrogens (tertiary/aromatic N) is 4. The quantitative estimate of drug-likeness (QED) is 0.597. The second kappa shape index (κ2) is 7.69. The zero-order valence-electron chi connectivity index (χ0n) is 14.7. The van der Waals surface area contributed by atoms with Crippen LogP contribution in [0.3, 0.4) is 0 Å². The molecule has 0 fully saturated rings. The second-order valence-electron chi connectivity index (χ2n) is 5.77. The van der Waals surface area contributed by atoms with E-state index in [4.69, 9.17) is 4.42 Å². The first-order chi connectivity index (χ1) is 12.5. The molecule has 3 rings (SSSR count). The van der Waals surface area contributed by atoms with Crippen molar-refractivity contribution in [3.8, 4) is 5.82 Å². The number of rotatable bonds is 6. The summed E-state index contributed by atoms with van der Waals surface area (Å²) in [7, 11) is 0. The zero-order chi connectivity index (χ0) is 18.7. The Morgan fingerprint density at radius 1 is 1.15 bits per heavy atom. The van der Waals surface area contributed by atoms with Gasteiger partial charge < -0.3 is 15.1 Å². The number of carbonyl (C=O) groups is 1. The van der Waals surface area contributed by atoms with E-state index >= 15 is 0 Å². The molecule has 0 aliphatic carbocycles. The van der Waals surface area contributed by atoms with Crippen molar-refractivity contribution in [1.82, 2.24) is 25.3 Å². The van der Waals surface area contributed by atoms with Crippen LogP contribution >= 0.6 is 15.9 Å². The summed E-state index contributed by atoms with van der Waals surface area (Å²) in [6.07, 6.45) is 0. The van der Waals surface area contributed by atoms with E-state index in [-0.39, 0.29) is 11.7 Å². The molecule has 0 aromatic carbocycles. The molecule has 26 heavy (non-hydrogen) atoms. The van der Waals surface area contributed by atoms with Crippen molar-refractivity contribution in [3.05, 3.63) is 51.6 Å². The van der Waals surface area contributed by atoms with Crippen molar-refractivity contribution in [3.63, 3.8) is 0 Å². The lowest BCUT2D eigenvalue weighted by molar-refractivity contribution is 0.0926. The molecule has 1 amide bonds. The molecule has 0 spiro atoms. The second-order valence-corrected chi connectivity index (χ2v) is 6.55. The number of nitrogens with one attached hydrogen (secondary N) is 2. The number of hydrogen-bond donors (Lipinski definition) is 2. The summed E-state index contributed by atoms with van der Waals surface area (Å²) in [6.45, 7) is 6.95. The van der Waals surface area contributed by atoms with E-state index in [1.165, 1.54) is 0 Å². The van der Waals surface area contributed by atoms with Crippen molar-refractivity contribution in [2.75, 3.05) is 18.4 Å². The molecule has 0 aliphatic rings. The molecule has 136 valence electrons. The molecule has 0 unspecified atom stereocenters. The van der Waals surface area contributed by atoms with Crippen LogP contribution in [0.1, 0.15) is 27.5 Å². The Hall–Kier alpha value is -2.68. The fourth-order valence-corrected chi connectivity index (χ4v) is 2.67. The first kappa shape index (κ1) is 18.1. The molecule has 0 atom stereocenters. The van der Waals surface area contributed by atoms with Gasteiger partial charge in [0.15, 0.2) is 16.2 Å². The fraction of sp³-hybridized carbons (Fsp3) is 0.294. The number of hydrogen-bond acceptors (Lipinski definition) is 6. The average molecular weight is 419 g/mol. The first-order valence-corrected chi connectivity index (χ1v) is 8.89. The van der Waals surface area contributed by atoms with Crippen LogP contribution < -0.4 is 10.6 Å². The number of furan rings is 1. The normalized spacial score (nSPS) is 10.8. The van der Waals surface area contributed by atoms with Crippen molar-refractivity contribution in [2.45, 2.75) is 20.8 Å². The minimum Gasteiger partial charge on any atom is -0.444 e. The van der Waals surface area contributed by atoms with Crippen LogP contribution in [0.2, 0.25) is 0 Å². The van der Waals surface area contributed by atoms with Gasteiger partial charge in [-0.25, -0.2) is 4.68 Å². The summed E-state index contributed by atoms with van der Waals surface area (Å²) in [4.78, 5) is 11.8. The first-order valence-electron chi connectivity index (χ1n) is 8.10. The lowest BCUT2D eigenvalue weighted by Crippen LogP contribution is -2.28. The molecule has 0 bridgehead atoms. The van der Waals surface area contributed by atoms with Gasteiger partial charge in [-0.3, -0.25) is 4.79 Å². The maximum absolute atomic E-state index is 11.8. The number of amides is 1. The maximum atomic E-state index is 11.8. The average Bonchev–Trinajstić information content (AvgIpc) is 3.18. The van der Waals surface area contributed by atoms with Crippen LogP contribution in [-0.2, 0) is 0 Å². The highest BCUT2D eigenvalue weighted by Gasteiger charge is 2.11. The van der Waals surface area contributed by atoms with Crippen molar-refractivity contribution < 1.29 is 9.21 Å². The molecule has 8 nitrogen and oxygen atoms in total. The topological polar surface area (TPSA) is 97.9 Å². The Morgan fingerprint density at radius 2 is 1.96 bits per heavy atom. The van der Waals surface area contributed by atoms with Crippen LogP contribution in [0.4, 0.5) is 5.82 Å². The predicted octanol–water partition coefficient (Wildman–Crippen LogP) is 2.78. The lowest BCUT2D eigenvalue weighted by Gasteiger charge is -2.07. The standard InChI is InChI=1S/C17H19BrN6O2/c1-10-11(2)23-24(12(10)3)16-7-6-15(21-22-16)19-8-9-20-17(25)13-4-5-14(18)26-13/h4-7H,8-9H2,1-3H3,(H,19,21)(H,20,25). The highest BCUT2D eigenvalue weighted by molar-refractivity contribution is 9.10. The van der Waals surface area contributed by atoms with Crippen LogP contribution in [0, 0.1) is 20.8 Å². The SMILES string of the molecule is Cc1nn(-c2ccc(NCCNC(=O)c3ccc(Br)o3)nn2)c(C)c1C. The van der Waals surface area contributed by atoms with Crippen LogP contribution in [0.5, 0.6) is 0 Å². The Morgan fingerprint density at radius 3 is 2.54 bits per heavy atom. The summed E-state index contributed by atoms with van der Waals surface area (Å²) < 4.78 is 7.49. The summed E-state index contributed by atoms with van der Waals surface area (Å²) in [5, 5.41) is 18.7. The Bertz CT molecular complexity index is 916. The smallest absolute Gasteiger partial charge is 0.287 e. The molecule has 2 N–H and O–H groups in total. The Labute approximate surface area is 159 Å². The number of aryl methyl sites for hydroxylation is 1. The Balaban J connectivity index is 1.51. The molecule has 0 aliphatic heterocycles. The zero-order valence-corrected chi connectivity index (χ0v) is 16.3. The maximum Gasteiger partial charge on any atom is 0.287 e. The van der Waals surface area contributed by atoms with E-state index in [9.17, 15) is 4.79 Å². The number of aromatic nitrogens is 4. The van der Waals surface area contributed by atoms with Crippen molar-refractivity contribution >= 4 is 27.7 Å². The van der Waals surface area contributed by atoms with Gasteiger partial charge in [-0.1, -0.05) is 0 Å². The third-order valence-corrected chi connectivity index (χ3v) is 4.46. The van der Waals surface area contributed by atoms with Gasteiger partial charge in [0, 0.05) is 18.8 Å². The molecule has 0 radical (unpaired) electrons. The molecule has 3 aromatic heterocycles. The number of halogens is 1. The summed E-state index contributed by atoms with van der Waals surface area (Å²) in [5.74, 6) is 1.29. The van der Waals surface area contributed by atoms with Gasteiger partial charge in [0.1, 0.15) is 5.82 Å². The Kier molecular flexibility index (Phi) is 5.36. The molecular weight excluding hydrogens is 400 g/mol. The van der Waals surface area contributed by atoms with Gasteiger partial charge in [0.05, 0.1) is 5.69 Å².